The van der Waals surface area contributed by atoms with Gasteiger partial charge in [-0.1, -0.05) is 217 Å². The minimum atomic E-state index is -4.67. The molecule has 0 aliphatic heterocycles. The van der Waals surface area contributed by atoms with Gasteiger partial charge in [0.15, 0.2) is 0 Å². The maximum atomic E-state index is 8.74. The maximum absolute atomic E-state index is 8.74. The van der Waals surface area contributed by atoms with Gasteiger partial charge in [0.25, 0.3) is 0 Å². The van der Waals surface area contributed by atoms with Crippen LogP contribution in [0.5, 0.6) is 0 Å². The van der Waals surface area contributed by atoms with Crippen LogP contribution in [0.3, 0.4) is 0 Å². The Morgan fingerprint density at radius 2 is 0.745 bits per heavy atom. The number of aryl methyl sites for hydroxylation is 2. The van der Waals surface area contributed by atoms with Crippen LogP contribution in [0.25, 0.3) is 10.8 Å². The molecule has 272 valence electrons. The minimum absolute atomic E-state index is 1.27. The van der Waals surface area contributed by atoms with Crippen LogP contribution in [0.15, 0.2) is 36.4 Å². The van der Waals surface area contributed by atoms with E-state index in [2.05, 4.69) is 50.2 Å². The van der Waals surface area contributed by atoms with Crippen molar-refractivity contribution in [2.24, 2.45) is 0 Å². The molecule has 0 aliphatic rings. The van der Waals surface area contributed by atoms with Gasteiger partial charge in [0, 0.05) is 0 Å². The van der Waals surface area contributed by atoms with E-state index in [4.69, 9.17) is 17.5 Å². The summed E-state index contributed by atoms with van der Waals surface area (Å²) in [6.07, 6.45) is 42.8. The number of hydrogen-bond donors (Lipinski definition) is 2. The van der Waals surface area contributed by atoms with Crippen LogP contribution >= 0.6 is 0 Å². The summed E-state index contributed by atoms with van der Waals surface area (Å²) in [6, 6.07) is 14.0. The van der Waals surface area contributed by atoms with E-state index < -0.39 is 10.4 Å². The minimum Gasteiger partial charge on any atom is -0.264 e. The van der Waals surface area contributed by atoms with Crippen molar-refractivity contribution in [3.8, 4) is 0 Å². The number of unbranched alkanes of at least 4 members (excludes halogenated alkanes) is 26. The first kappa shape index (κ1) is 43.6. The van der Waals surface area contributed by atoms with Gasteiger partial charge in [-0.05, 0) is 47.6 Å². The second kappa shape index (κ2) is 30.6. The molecular formula is C42H74O4S. The van der Waals surface area contributed by atoms with Crippen molar-refractivity contribution in [3.63, 3.8) is 0 Å². The summed E-state index contributed by atoms with van der Waals surface area (Å²) < 4.78 is 31.6. The molecule has 0 spiro atoms. The molecule has 0 aliphatic carbocycles. The molecule has 2 rings (SSSR count). The largest absolute Gasteiger partial charge is 0.394 e. The van der Waals surface area contributed by atoms with Crippen molar-refractivity contribution in [2.75, 3.05) is 0 Å². The Labute approximate surface area is 291 Å². The first-order valence-electron chi connectivity index (χ1n) is 20.1. The van der Waals surface area contributed by atoms with Gasteiger partial charge in [0.05, 0.1) is 0 Å². The van der Waals surface area contributed by atoms with Crippen molar-refractivity contribution in [3.05, 3.63) is 47.5 Å². The van der Waals surface area contributed by atoms with Gasteiger partial charge in [-0.2, -0.15) is 8.42 Å². The lowest BCUT2D eigenvalue weighted by atomic mass is 9.91. The van der Waals surface area contributed by atoms with E-state index in [1.807, 2.05) is 0 Å². The van der Waals surface area contributed by atoms with Gasteiger partial charge in [-0.3, -0.25) is 9.11 Å². The summed E-state index contributed by atoms with van der Waals surface area (Å²) in [5.74, 6) is 0. The van der Waals surface area contributed by atoms with E-state index >= 15 is 0 Å². The summed E-state index contributed by atoms with van der Waals surface area (Å²) in [7, 11) is -4.67. The molecule has 0 saturated carbocycles. The van der Waals surface area contributed by atoms with Gasteiger partial charge in [0.1, 0.15) is 0 Å². The number of rotatable bonds is 30. The molecular weight excluding hydrogens is 601 g/mol. The zero-order chi connectivity index (χ0) is 34.3. The summed E-state index contributed by atoms with van der Waals surface area (Å²) in [4.78, 5) is 0. The third-order valence-corrected chi connectivity index (χ3v) is 9.72. The van der Waals surface area contributed by atoms with Crippen LogP contribution < -0.4 is 0 Å². The molecule has 0 fully saturated rings. The third kappa shape index (κ3) is 27.1. The van der Waals surface area contributed by atoms with Crippen molar-refractivity contribution in [1.82, 2.24) is 0 Å². The number of fused-ring (bicyclic) bond motifs is 1. The zero-order valence-corrected chi connectivity index (χ0v) is 31.6. The van der Waals surface area contributed by atoms with E-state index in [0.717, 1.165) is 0 Å². The second-order valence-corrected chi connectivity index (χ2v) is 15.0. The molecule has 2 aromatic carbocycles. The predicted octanol–water partition coefficient (Wildman–Crippen LogP) is 14.2. The lowest BCUT2D eigenvalue weighted by Gasteiger charge is -2.14. The van der Waals surface area contributed by atoms with Crippen LogP contribution in [0.1, 0.15) is 205 Å². The molecule has 0 atom stereocenters. The smallest absolute Gasteiger partial charge is 0.264 e. The number of benzene rings is 2. The second-order valence-electron chi connectivity index (χ2n) is 14.1. The SMILES string of the molecule is CCCCCCCCCCCCCCCCc1ccc2ccccc2c1CCCCCCCCCCCCCCCC.O=S(=O)(O)O. The van der Waals surface area contributed by atoms with Crippen LogP contribution in [-0.2, 0) is 23.2 Å². The Hall–Kier alpha value is -1.43. The molecule has 0 bridgehead atoms. The van der Waals surface area contributed by atoms with Crippen molar-refractivity contribution >= 4 is 21.2 Å². The van der Waals surface area contributed by atoms with Gasteiger partial charge in [0.2, 0.25) is 0 Å². The van der Waals surface area contributed by atoms with Crippen LogP contribution in [-0.4, -0.2) is 17.5 Å². The highest BCUT2D eigenvalue weighted by atomic mass is 32.3. The van der Waals surface area contributed by atoms with Gasteiger partial charge >= 0.3 is 10.4 Å². The Morgan fingerprint density at radius 3 is 1.13 bits per heavy atom. The topological polar surface area (TPSA) is 74.6 Å². The van der Waals surface area contributed by atoms with Gasteiger partial charge < -0.3 is 0 Å². The van der Waals surface area contributed by atoms with Gasteiger partial charge in [-0.25, -0.2) is 0 Å². The molecule has 0 saturated heterocycles. The molecule has 4 nitrogen and oxygen atoms in total. The Bertz CT molecular complexity index is 1070. The summed E-state index contributed by atoms with van der Waals surface area (Å²) in [5.41, 5.74) is 3.31. The monoisotopic (exact) mass is 675 g/mol. The number of hydrogen-bond acceptors (Lipinski definition) is 2. The Kier molecular flexibility index (Phi) is 28.4. The molecule has 0 heterocycles. The molecule has 0 radical (unpaired) electrons. The highest BCUT2D eigenvalue weighted by Gasteiger charge is 2.08. The quantitative estimate of drug-likeness (QED) is 0.0639. The molecule has 5 heteroatoms. The van der Waals surface area contributed by atoms with E-state index in [9.17, 15) is 0 Å². The maximum Gasteiger partial charge on any atom is 0.394 e. The van der Waals surface area contributed by atoms with Crippen LogP contribution in [0.4, 0.5) is 0 Å². The summed E-state index contributed by atoms with van der Waals surface area (Å²) in [6.45, 7) is 4.62. The molecule has 2 N–H and O–H groups in total. The predicted molar refractivity (Wildman–Crippen MR) is 206 cm³/mol. The Balaban J connectivity index is 0.00000204. The molecule has 0 amide bonds. The molecule has 0 aromatic heterocycles. The Morgan fingerprint density at radius 1 is 0.426 bits per heavy atom. The summed E-state index contributed by atoms with van der Waals surface area (Å²) in [5, 5.41) is 2.96. The summed E-state index contributed by atoms with van der Waals surface area (Å²) >= 11 is 0. The fourth-order valence-electron chi connectivity index (χ4n) is 6.92. The van der Waals surface area contributed by atoms with Crippen molar-refractivity contribution < 1.29 is 17.5 Å². The highest BCUT2D eigenvalue weighted by molar-refractivity contribution is 7.79. The normalized spacial score (nSPS) is 11.6. The first-order valence-corrected chi connectivity index (χ1v) is 21.5. The zero-order valence-electron chi connectivity index (χ0n) is 30.8. The van der Waals surface area contributed by atoms with E-state index in [-0.39, 0.29) is 0 Å². The first-order chi connectivity index (χ1) is 22.9. The van der Waals surface area contributed by atoms with Gasteiger partial charge in [-0.15, -0.1) is 0 Å². The third-order valence-electron chi connectivity index (χ3n) is 9.72. The van der Waals surface area contributed by atoms with Crippen molar-refractivity contribution in [2.45, 2.75) is 206 Å². The fourth-order valence-corrected chi connectivity index (χ4v) is 6.92. The fraction of sp³-hybridized carbons (Fsp3) is 0.762. The molecule has 0 unspecified atom stereocenters. The van der Waals surface area contributed by atoms with Crippen LogP contribution in [0, 0.1) is 0 Å². The average Bonchev–Trinajstić information content (AvgIpc) is 3.04. The average molecular weight is 675 g/mol. The van der Waals surface area contributed by atoms with E-state index in [0.29, 0.717) is 0 Å². The molecule has 2 aromatic rings. The highest BCUT2D eigenvalue weighted by Crippen LogP contribution is 2.26. The molecule has 47 heavy (non-hydrogen) atoms. The standard InChI is InChI=1S/C42H72.H2O4S/c1-3-5-7-9-11-13-15-17-19-21-23-25-27-29-33-39-37-38-40-34-31-32-36-42(40)41(39)35-30-28-26-24-22-20-18-16-14-12-10-8-6-4-2;1-5(2,3)4/h31-32,34,36-38H,3-30,33,35H2,1-2H3;(H2,1,2,3,4). The van der Waals surface area contributed by atoms with E-state index in [1.54, 1.807) is 11.1 Å². The lowest BCUT2D eigenvalue weighted by molar-refractivity contribution is 0.381. The van der Waals surface area contributed by atoms with E-state index in [1.165, 1.54) is 203 Å². The van der Waals surface area contributed by atoms with Crippen molar-refractivity contribution in [1.29, 1.82) is 0 Å². The van der Waals surface area contributed by atoms with Crippen LogP contribution in [0.2, 0.25) is 0 Å². The lowest BCUT2D eigenvalue weighted by Crippen LogP contribution is -1.97.